The summed E-state index contributed by atoms with van der Waals surface area (Å²) in [5.74, 6) is -1.51. The van der Waals surface area contributed by atoms with Crippen LogP contribution in [0.25, 0.3) is 0 Å². The van der Waals surface area contributed by atoms with E-state index in [2.05, 4.69) is 0 Å². The van der Waals surface area contributed by atoms with Gasteiger partial charge in [-0.15, -0.1) is 0 Å². The Labute approximate surface area is 216 Å². The minimum Gasteiger partial charge on any atom is -0.337 e. The lowest BCUT2D eigenvalue weighted by Gasteiger charge is -2.44. The molecule has 2 aromatic carbocycles. The molecule has 2 aromatic rings. The van der Waals surface area contributed by atoms with E-state index in [0.29, 0.717) is 44.7 Å². The quantitative estimate of drug-likeness (QED) is 0.505. The lowest BCUT2D eigenvalue weighted by atomic mass is 9.63. The fourth-order valence-electron chi connectivity index (χ4n) is 6.54. The molecular weight excluding hydrogens is 510 g/mol. The molecular formula is C28H28F6N2O2. The maximum Gasteiger partial charge on any atom is 0.426 e. The fraction of sp³-hybridized carbons (Fsp3) is 0.500. The fourth-order valence-corrected chi connectivity index (χ4v) is 6.54. The number of carbonyl (C=O) groups excluding carboxylic acids is 2. The van der Waals surface area contributed by atoms with Crippen LogP contribution in [0.3, 0.4) is 0 Å². The topological polar surface area (TPSA) is 40.6 Å². The molecule has 0 N–H and O–H groups in total. The molecule has 2 fully saturated rings. The first kappa shape index (κ1) is 26.6. The second kappa shape index (κ2) is 9.02. The summed E-state index contributed by atoms with van der Waals surface area (Å²) in [5.41, 5.74) is -2.63. The Kier molecular flexibility index (Phi) is 6.30. The van der Waals surface area contributed by atoms with E-state index in [0.717, 1.165) is 22.1 Å². The molecule has 5 rings (SSSR count). The molecule has 38 heavy (non-hydrogen) atoms. The summed E-state index contributed by atoms with van der Waals surface area (Å²) >= 11 is 0. The first-order chi connectivity index (χ1) is 17.8. The molecule has 4 nitrogen and oxygen atoms in total. The highest BCUT2D eigenvalue weighted by Gasteiger charge is 2.56. The van der Waals surface area contributed by atoms with Gasteiger partial charge in [-0.05, 0) is 67.0 Å². The number of likely N-dealkylation sites (tertiary alicyclic amines) is 2. The molecule has 1 unspecified atom stereocenters. The molecule has 2 saturated heterocycles. The molecule has 2 amide bonds. The lowest BCUT2D eigenvalue weighted by molar-refractivity contribution is -0.228. The zero-order valence-corrected chi connectivity index (χ0v) is 21.0. The van der Waals surface area contributed by atoms with Gasteiger partial charge in [0.15, 0.2) is 6.17 Å². The van der Waals surface area contributed by atoms with Gasteiger partial charge in [-0.1, -0.05) is 30.3 Å². The third-order valence-electron chi connectivity index (χ3n) is 8.73. The van der Waals surface area contributed by atoms with E-state index in [9.17, 15) is 35.9 Å². The highest BCUT2D eigenvalue weighted by atomic mass is 19.4. The normalized spacial score (nSPS) is 28.7. The Morgan fingerprint density at radius 3 is 2.39 bits per heavy atom. The zero-order chi connectivity index (χ0) is 27.6. The van der Waals surface area contributed by atoms with Crippen LogP contribution < -0.4 is 0 Å². The van der Waals surface area contributed by atoms with Crippen LogP contribution in [-0.2, 0) is 33.5 Å². The van der Waals surface area contributed by atoms with Crippen molar-refractivity contribution >= 4 is 11.8 Å². The van der Waals surface area contributed by atoms with E-state index in [1.165, 1.54) is 31.3 Å². The first-order valence-corrected chi connectivity index (χ1v) is 12.6. The number of alkyl halides is 5. The van der Waals surface area contributed by atoms with Gasteiger partial charge in [-0.2, -0.15) is 13.2 Å². The second-order valence-corrected chi connectivity index (χ2v) is 10.8. The van der Waals surface area contributed by atoms with E-state index >= 15 is 0 Å². The number of fused-ring (bicyclic) bond motifs is 3. The van der Waals surface area contributed by atoms with Crippen LogP contribution >= 0.6 is 0 Å². The summed E-state index contributed by atoms with van der Waals surface area (Å²) in [6, 6.07) is 8.56. The number of benzene rings is 2. The Bertz CT molecular complexity index is 1260. The summed E-state index contributed by atoms with van der Waals surface area (Å²) in [6.45, 7) is 0.812. The van der Waals surface area contributed by atoms with Crippen molar-refractivity contribution in [2.24, 2.45) is 0 Å². The SMILES string of the molecule is CN1C(=O)[C@@H](F)C[C@H]1C(=O)N1CC[C@@]2(Cc3ccc(F)cc3)c3ccc(C(C)(F)C(F)(F)F)cc3CC[C@@H]12. The molecule has 0 bridgehead atoms. The molecule has 5 atom stereocenters. The van der Waals surface area contributed by atoms with Gasteiger partial charge in [0.1, 0.15) is 11.9 Å². The van der Waals surface area contributed by atoms with E-state index in [1.807, 2.05) is 0 Å². The van der Waals surface area contributed by atoms with Gasteiger partial charge in [-0.3, -0.25) is 9.59 Å². The maximum atomic E-state index is 14.8. The first-order valence-electron chi connectivity index (χ1n) is 12.6. The number of aryl methyl sites for hydroxylation is 1. The molecule has 0 aromatic heterocycles. The van der Waals surface area contributed by atoms with Crippen LogP contribution in [0, 0.1) is 5.82 Å². The van der Waals surface area contributed by atoms with E-state index < -0.39 is 46.8 Å². The third-order valence-corrected chi connectivity index (χ3v) is 8.73. The second-order valence-electron chi connectivity index (χ2n) is 10.8. The van der Waals surface area contributed by atoms with Gasteiger partial charge in [0.2, 0.25) is 11.6 Å². The highest BCUT2D eigenvalue weighted by Crippen LogP contribution is 2.51. The summed E-state index contributed by atoms with van der Waals surface area (Å²) in [4.78, 5) is 28.4. The molecule has 2 aliphatic heterocycles. The summed E-state index contributed by atoms with van der Waals surface area (Å²) in [6.07, 6.45) is -5.48. The van der Waals surface area contributed by atoms with Crippen molar-refractivity contribution in [3.8, 4) is 0 Å². The number of rotatable bonds is 4. The number of carbonyl (C=O) groups is 2. The number of likely N-dealkylation sites (N-methyl/N-ethyl adjacent to an activating group) is 1. The van der Waals surface area contributed by atoms with Crippen LogP contribution in [0.4, 0.5) is 26.3 Å². The van der Waals surface area contributed by atoms with Gasteiger partial charge in [-0.25, -0.2) is 13.2 Å². The number of amides is 2. The van der Waals surface area contributed by atoms with Gasteiger partial charge >= 0.3 is 6.18 Å². The van der Waals surface area contributed by atoms with E-state index in [4.69, 9.17) is 0 Å². The van der Waals surface area contributed by atoms with Crippen LogP contribution in [0.2, 0.25) is 0 Å². The van der Waals surface area contributed by atoms with Crippen molar-refractivity contribution in [1.29, 1.82) is 0 Å². The van der Waals surface area contributed by atoms with Crippen molar-refractivity contribution in [2.45, 2.75) is 74.5 Å². The highest BCUT2D eigenvalue weighted by molar-refractivity contribution is 5.93. The Hall–Kier alpha value is -3.04. The number of hydrogen-bond donors (Lipinski definition) is 0. The monoisotopic (exact) mass is 538 g/mol. The van der Waals surface area contributed by atoms with Gasteiger partial charge < -0.3 is 9.80 Å². The molecule has 0 saturated carbocycles. The van der Waals surface area contributed by atoms with Crippen molar-refractivity contribution in [3.05, 3.63) is 70.5 Å². The van der Waals surface area contributed by atoms with E-state index in [-0.39, 0.29) is 18.4 Å². The summed E-state index contributed by atoms with van der Waals surface area (Å²) in [7, 11) is 1.40. The lowest BCUT2D eigenvalue weighted by Crippen LogP contribution is -2.53. The average molecular weight is 539 g/mol. The maximum absolute atomic E-state index is 14.8. The zero-order valence-electron chi connectivity index (χ0n) is 21.0. The largest absolute Gasteiger partial charge is 0.426 e. The number of hydrogen-bond acceptors (Lipinski definition) is 2. The molecule has 10 heteroatoms. The standard InChI is InChI=1S/C28H28F6N2O2/c1-26(31,28(32,33)34)18-6-9-20-17(13-18)5-10-23-27(20,15-16-3-7-19(29)8-4-16)11-12-36(23)25(38)22-14-21(30)24(37)35(22)2/h3-4,6-9,13,21-23H,5,10-12,14-15H2,1-2H3/t21-,22-,23+,26?,27+/m0/s1. The summed E-state index contributed by atoms with van der Waals surface area (Å²) < 4.78 is 82.8. The van der Waals surface area contributed by atoms with Crippen LogP contribution in [0.5, 0.6) is 0 Å². The molecule has 204 valence electrons. The minimum atomic E-state index is -5.08. The average Bonchev–Trinajstić information content (AvgIpc) is 3.37. The molecule has 1 aliphatic carbocycles. The van der Waals surface area contributed by atoms with Gasteiger partial charge in [0, 0.05) is 31.5 Å². The predicted molar refractivity (Wildman–Crippen MR) is 127 cm³/mol. The van der Waals surface area contributed by atoms with Gasteiger partial charge in [0.25, 0.3) is 5.91 Å². The predicted octanol–water partition coefficient (Wildman–Crippen LogP) is 5.17. The Balaban J connectivity index is 1.55. The molecule has 2 heterocycles. The van der Waals surface area contributed by atoms with E-state index in [1.54, 1.807) is 17.0 Å². The van der Waals surface area contributed by atoms with Gasteiger partial charge in [0.05, 0.1) is 0 Å². The van der Waals surface area contributed by atoms with Crippen LogP contribution in [0.15, 0.2) is 42.5 Å². The number of halogens is 6. The van der Waals surface area contributed by atoms with Crippen molar-refractivity contribution in [2.75, 3.05) is 13.6 Å². The Morgan fingerprint density at radius 2 is 1.79 bits per heavy atom. The Morgan fingerprint density at radius 1 is 1.11 bits per heavy atom. The smallest absolute Gasteiger partial charge is 0.337 e. The van der Waals surface area contributed by atoms with Crippen molar-refractivity contribution in [1.82, 2.24) is 9.80 Å². The van der Waals surface area contributed by atoms with Crippen LogP contribution in [0.1, 0.15) is 48.4 Å². The molecule has 0 spiro atoms. The summed E-state index contributed by atoms with van der Waals surface area (Å²) in [5, 5.41) is 0. The number of nitrogens with zero attached hydrogens (tertiary/aromatic N) is 2. The van der Waals surface area contributed by atoms with Crippen molar-refractivity contribution in [3.63, 3.8) is 0 Å². The van der Waals surface area contributed by atoms with Crippen molar-refractivity contribution < 1.29 is 35.9 Å². The molecule has 0 radical (unpaired) electrons. The third kappa shape index (κ3) is 4.07. The minimum absolute atomic E-state index is 0.227. The molecule has 3 aliphatic rings. The van der Waals surface area contributed by atoms with Crippen LogP contribution in [-0.4, -0.2) is 59.6 Å².